The number of rotatable bonds is 12. The Morgan fingerprint density at radius 2 is 1.62 bits per heavy atom. The second kappa shape index (κ2) is 15.5. The van der Waals surface area contributed by atoms with Gasteiger partial charge in [-0.05, 0) is 101 Å². The van der Waals surface area contributed by atoms with Crippen LogP contribution in [0.2, 0.25) is 0 Å². The van der Waals surface area contributed by atoms with Crippen LogP contribution in [0.4, 0.5) is 28.0 Å². The van der Waals surface area contributed by atoms with Crippen molar-refractivity contribution in [1.29, 1.82) is 0 Å². The summed E-state index contributed by atoms with van der Waals surface area (Å²) in [6, 6.07) is 16.9. The highest BCUT2D eigenvalue weighted by atomic mass is 32.2. The second-order valence-corrected chi connectivity index (χ2v) is 17.1. The first kappa shape index (κ1) is 39.7. The SMILES string of the molecule is CC(C)(C)N(Cc1ccccc1)C(=O)On1nc(C(F)(F)F)cc1C(=O)Nc1cc([C@@](CCC2CC2)(N[S+]([O-])C(C)(C)C)c2ccncc2)ccc1F. The van der Waals surface area contributed by atoms with Crippen molar-refractivity contribution in [2.75, 3.05) is 5.32 Å². The van der Waals surface area contributed by atoms with Crippen LogP contribution < -0.4 is 14.9 Å². The van der Waals surface area contributed by atoms with E-state index in [-0.39, 0.29) is 17.1 Å². The van der Waals surface area contributed by atoms with E-state index in [9.17, 15) is 27.3 Å². The summed E-state index contributed by atoms with van der Waals surface area (Å²) >= 11 is -1.62. The van der Waals surface area contributed by atoms with Crippen molar-refractivity contribution in [2.24, 2.45) is 5.92 Å². The Bertz CT molecular complexity index is 1890. The number of aromatic nitrogens is 3. The van der Waals surface area contributed by atoms with E-state index in [1.165, 1.54) is 17.0 Å². The fourth-order valence-corrected chi connectivity index (χ4v) is 6.62. The maximum absolute atomic E-state index is 15.6. The van der Waals surface area contributed by atoms with Crippen LogP contribution in [0.25, 0.3) is 0 Å². The van der Waals surface area contributed by atoms with Gasteiger partial charge >= 0.3 is 12.3 Å². The monoisotopic (exact) mass is 756 g/mol. The number of pyridine rings is 1. The second-order valence-electron chi connectivity index (χ2n) is 15.1. The smallest absolute Gasteiger partial charge is 0.436 e. The first-order valence-corrected chi connectivity index (χ1v) is 18.4. The van der Waals surface area contributed by atoms with Crippen molar-refractivity contribution in [2.45, 2.75) is 95.8 Å². The van der Waals surface area contributed by atoms with E-state index in [4.69, 9.17) is 4.84 Å². The number of halogens is 4. The minimum absolute atomic E-state index is 0.0457. The lowest BCUT2D eigenvalue weighted by Crippen LogP contribution is -2.52. The van der Waals surface area contributed by atoms with Crippen LogP contribution in [0.5, 0.6) is 0 Å². The Morgan fingerprint density at radius 1 is 0.962 bits per heavy atom. The molecule has 1 aliphatic carbocycles. The van der Waals surface area contributed by atoms with Crippen molar-refractivity contribution in [3.63, 3.8) is 0 Å². The number of amides is 2. The number of nitrogens with zero attached hydrogens (tertiary/aromatic N) is 4. The maximum Gasteiger partial charge on any atom is 0.436 e. The third kappa shape index (κ3) is 9.75. The van der Waals surface area contributed by atoms with Crippen LogP contribution in [0, 0.1) is 11.7 Å². The molecule has 2 aromatic carbocycles. The largest absolute Gasteiger partial charge is 0.598 e. The maximum atomic E-state index is 15.6. The van der Waals surface area contributed by atoms with E-state index in [0.29, 0.717) is 29.5 Å². The number of alkyl halides is 3. The molecule has 2 atom stereocenters. The Balaban J connectivity index is 1.52. The number of benzene rings is 2. The molecule has 2 aromatic heterocycles. The number of nitrogens with one attached hydrogen (secondary N) is 2. The molecular weight excluding hydrogens is 713 g/mol. The van der Waals surface area contributed by atoms with Gasteiger partial charge in [0.2, 0.25) is 0 Å². The zero-order chi connectivity index (χ0) is 38.8. The van der Waals surface area contributed by atoms with Gasteiger partial charge < -0.3 is 9.87 Å². The lowest BCUT2D eigenvalue weighted by atomic mass is 9.79. The minimum atomic E-state index is -5.01. The highest BCUT2D eigenvalue weighted by Gasteiger charge is 2.44. The predicted molar refractivity (Wildman–Crippen MR) is 193 cm³/mol. The van der Waals surface area contributed by atoms with Gasteiger partial charge in [-0.1, -0.05) is 54.1 Å². The number of hydrogen-bond donors (Lipinski definition) is 2. The lowest BCUT2D eigenvalue weighted by Gasteiger charge is -2.38. The van der Waals surface area contributed by atoms with Crippen LogP contribution in [0.3, 0.4) is 0 Å². The minimum Gasteiger partial charge on any atom is -0.598 e. The van der Waals surface area contributed by atoms with Gasteiger partial charge in [0.1, 0.15) is 16.1 Å². The van der Waals surface area contributed by atoms with Gasteiger partial charge in [0.15, 0.2) is 11.4 Å². The average Bonchev–Trinajstić information content (AvgIpc) is 3.82. The predicted octanol–water partition coefficient (Wildman–Crippen LogP) is 8.02. The molecule has 284 valence electrons. The van der Waals surface area contributed by atoms with E-state index in [1.54, 1.807) is 75.6 Å². The van der Waals surface area contributed by atoms with Gasteiger partial charge in [-0.3, -0.25) is 19.5 Å². The molecule has 1 saturated carbocycles. The summed E-state index contributed by atoms with van der Waals surface area (Å²) < 4.78 is 73.7. The molecule has 15 heteroatoms. The Kier molecular flexibility index (Phi) is 11.6. The molecule has 5 rings (SSSR count). The van der Waals surface area contributed by atoms with Gasteiger partial charge in [-0.15, -0.1) is 9.82 Å². The van der Waals surface area contributed by atoms with E-state index in [2.05, 4.69) is 20.1 Å². The van der Waals surface area contributed by atoms with Crippen molar-refractivity contribution in [3.05, 3.63) is 113 Å². The van der Waals surface area contributed by atoms with Gasteiger partial charge in [-0.25, -0.2) is 9.18 Å². The lowest BCUT2D eigenvalue weighted by molar-refractivity contribution is -0.142. The molecule has 0 spiro atoms. The van der Waals surface area contributed by atoms with E-state index in [1.807, 2.05) is 20.8 Å². The van der Waals surface area contributed by atoms with Crippen molar-refractivity contribution >= 4 is 29.0 Å². The molecule has 0 saturated heterocycles. The Hall–Kier alpha value is -4.47. The van der Waals surface area contributed by atoms with Crippen LogP contribution in [-0.2, 0) is 29.6 Å². The summed E-state index contributed by atoms with van der Waals surface area (Å²) in [7, 11) is 0. The molecule has 10 nitrogen and oxygen atoms in total. The summed E-state index contributed by atoms with van der Waals surface area (Å²) in [6.45, 7) is 10.6. The molecular formula is C38H44F4N6O4S. The molecule has 2 N–H and O–H groups in total. The zero-order valence-electron chi connectivity index (χ0n) is 30.5. The quantitative estimate of drug-likeness (QED) is 0.111. The van der Waals surface area contributed by atoms with Gasteiger partial charge in [0, 0.05) is 41.9 Å². The van der Waals surface area contributed by atoms with Gasteiger partial charge in [0.05, 0.1) is 5.69 Å². The summed E-state index contributed by atoms with van der Waals surface area (Å²) in [5.74, 6) is -1.64. The number of anilines is 1. The molecule has 2 heterocycles. The van der Waals surface area contributed by atoms with Crippen LogP contribution in [0.1, 0.15) is 100 Å². The van der Waals surface area contributed by atoms with Crippen molar-refractivity contribution < 1.29 is 36.5 Å². The first-order valence-electron chi connectivity index (χ1n) is 17.2. The summed E-state index contributed by atoms with van der Waals surface area (Å²) in [5.41, 5.74) is -2.77. The zero-order valence-corrected chi connectivity index (χ0v) is 31.3. The standard InChI is InChI=1S/C38H44F4N6O4S/c1-35(2,3)47(24-26-10-8-7-9-11-26)34(50)52-48-31(23-32(45-48)38(40,41)42)33(49)44-30-22-28(14-15-29(30)39)37(19-16-25-12-13-25,27-17-20-43-21-18-27)46-53(51)36(4,5)6/h7-11,14-15,17-18,20-23,25,46H,12-13,16,19,24H2,1-6H3,(H,44,49)/t37-,53?/m0/s1. The molecule has 53 heavy (non-hydrogen) atoms. The third-order valence-electron chi connectivity index (χ3n) is 8.91. The van der Waals surface area contributed by atoms with Crippen LogP contribution >= 0.6 is 0 Å². The van der Waals surface area contributed by atoms with Crippen LogP contribution in [0.15, 0.2) is 79.1 Å². The Labute approximate surface area is 309 Å². The highest BCUT2D eigenvalue weighted by molar-refractivity contribution is 7.90. The van der Waals surface area contributed by atoms with Crippen molar-refractivity contribution in [1.82, 2.24) is 24.5 Å². The third-order valence-corrected chi connectivity index (χ3v) is 10.6. The molecule has 1 unspecified atom stereocenters. The van der Waals surface area contributed by atoms with Crippen LogP contribution in [-0.4, -0.2) is 46.7 Å². The van der Waals surface area contributed by atoms with Gasteiger partial charge in [-0.2, -0.15) is 13.2 Å². The molecule has 2 amide bonds. The average molecular weight is 757 g/mol. The summed E-state index contributed by atoms with van der Waals surface area (Å²) in [5, 5.41) is 5.76. The highest BCUT2D eigenvalue weighted by Crippen LogP contribution is 2.43. The van der Waals surface area contributed by atoms with E-state index < -0.39 is 62.6 Å². The Morgan fingerprint density at radius 3 is 2.21 bits per heavy atom. The molecule has 0 bridgehead atoms. The number of hydrogen-bond acceptors (Lipinski definition) is 7. The van der Waals surface area contributed by atoms with E-state index in [0.717, 1.165) is 30.9 Å². The topological polar surface area (TPSA) is 124 Å². The number of carbonyl (C=O) groups excluding carboxylic acids is 2. The molecule has 0 aliphatic heterocycles. The van der Waals surface area contributed by atoms with Crippen molar-refractivity contribution in [3.8, 4) is 0 Å². The molecule has 4 aromatic rings. The fourth-order valence-electron chi connectivity index (χ4n) is 5.66. The molecule has 1 aliphatic rings. The fraction of sp³-hybridized carbons (Fsp3) is 0.421. The van der Waals surface area contributed by atoms with E-state index >= 15 is 4.39 Å². The van der Waals surface area contributed by atoms with Gasteiger partial charge in [0.25, 0.3) is 5.91 Å². The molecule has 0 radical (unpaired) electrons. The summed E-state index contributed by atoms with van der Waals surface area (Å²) in [6.07, 6.45) is 0.438. The summed E-state index contributed by atoms with van der Waals surface area (Å²) in [4.78, 5) is 38.2. The normalized spacial score (nSPS) is 15.4. The number of carbonyl (C=O) groups is 2. The molecule has 1 fully saturated rings. The first-order chi connectivity index (χ1) is 24.8.